The third-order valence-corrected chi connectivity index (χ3v) is 5.11. The molecule has 2 aromatic rings. The Balaban J connectivity index is 1.62. The van der Waals surface area contributed by atoms with Crippen LogP contribution in [-0.2, 0) is 16.1 Å². The van der Waals surface area contributed by atoms with E-state index in [2.05, 4.69) is 32.2 Å². The van der Waals surface area contributed by atoms with Crippen LogP contribution in [0.25, 0.3) is 0 Å². The molecule has 0 atom stereocenters. The fourth-order valence-electron chi connectivity index (χ4n) is 2.48. The monoisotopic (exact) mass is 373 g/mol. The second-order valence-electron chi connectivity index (χ2n) is 6.54. The Kier molecular flexibility index (Phi) is 5.92. The van der Waals surface area contributed by atoms with Gasteiger partial charge in [0.05, 0.1) is 18.8 Å². The van der Waals surface area contributed by atoms with Crippen LogP contribution in [0.1, 0.15) is 30.1 Å². The summed E-state index contributed by atoms with van der Waals surface area (Å²) in [5, 5.41) is 12.0. The van der Waals surface area contributed by atoms with Gasteiger partial charge in [-0.05, 0) is 18.4 Å². The molecule has 1 fully saturated rings. The van der Waals surface area contributed by atoms with Crippen LogP contribution in [0.4, 0.5) is 0 Å². The lowest BCUT2D eigenvalue weighted by atomic mass is 10.2. The van der Waals surface area contributed by atoms with Gasteiger partial charge in [0.1, 0.15) is 5.82 Å². The predicted octanol–water partition coefficient (Wildman–Crippen LogP) is 1.50. The van der Waals surface area contributed by atoms with Crippen molar-refractivity contribution in [2.24, 2.45) is 0 Å². The quantitative estimate of drug-likeness (QED) is 0.710. The zero-order chi connectivity index (χ0) is 18.5. The maximum Gasteiger partial charge on any atom is 0.241 e. The molecule has 138 valence electrons. The normalized spacial score (nSPS) is 13.5. The Hall–Kier alpha value is -2.35. The summed E-state index contributed by atoms with van der Waals surface area (Å²) >= 11 is 1.35. The number of hydrogen-bond acceptors (Lipinski definition) is 5. The molecule has 0 aliphatic heterocycles. The van der Waals surface area contributed by atoms with E-state index in [0.717, 1.165) is 23.8 Å². The number of benzene rings is 1. The van der Waals surface area contributed by atoms with Crippen molar-refractivity contribution >= 4 is 23.6 Å². The number of rotatable bonds is 8. The van der Waals surface area contributed by atoms with Gasteiger partial charge in [-0.2, -0.15) is 0 Å². The maximum atomic E-state index is 12.0. The number of likely N-dealkylation sites (N-methyl/N-ethyl adjacent to an activating group) is 1. The molecule has 1 aromatic heterocycles. The van der Waals surface area contributed by atoms with Crippen molar-refractivity contribution in [1.29, 1.82) is 0 Å². The van der Waals surface area contributed by atoms with E-state index in [9.17, 15) is 9.59 Å². The van der Waals surface area contributed by atoms with Gasteiger partial charge in [-0.3, -0.25) is 9.59 Å². The van der Waals surface area contributed by atoms with E-state index < -0.39 is 0 Å². The summed E-state index contributed by atoms with van der Waals surface area (Å²) in [6.45, 7) is 0.708. The first-order valence-corrected chi connectivity index (χ1v) is 9.60. The van der Waals surface area contributed by atoms with Crippen molar-refractivity contribution in [3.63, 3.8) is 0 Å². The fraction of sp³-hybridized carbons (Fsp3) is 0.444. The van der Waals surface area contributed by atoms with E-state index in [0.29, 0.717) is 12.5 Å². The van der Waals surface area contributed by atoms with Crippen molar-refractivity contribution in [3.8, 4) is 0 Å². The van der Waals surface area contributed by atoms with Gasteiger partial charge < -0.3 is 14.8 Å². The van der Waals surface area contributed by atoms with Crippen LogP contribution in [0.3, 0.4) is 0 Å². The summed E-state index contributed by atoms with van der Waals surface area (Å²) in [5.74, 6) is 1.36. The summed E-state index contributed by atoms with van der Waals surface area (Å²) in [6.07, 6.45) is 2.29. The molecule has 7 nitrogen and oxygen atoms in total. The first-order valence-electron chi connectivity index (χ1n) is 8.61. The van der Waals surface area contributed by atoms with Gasteiger partial charge in [0.15, 0.2) is 5.16 Å². The smallest absolute Gasteiger partial charge is 0.241 e. The Morgan fingerprint density at radius 3 is 2.62 bits per heavy atom. The molecule has 0 spiro atoms. The molecule has 1 aliphatic rings. The van der Waals surface area contributed by atoms with Gasteiger partial charge in [-0.15, -0.1) is 10.2 Å². The molecule has 3 rings (SSSR count). The number of nitrogens with one attached hydrogen (secondary N) is 1. The highest BCUT2D eigenvalue weighted by Crippen LogP contribution is 2.40. The number of nitrogens with zero attached hydrogens (tertiary/aromatic N) is 4. The van der Waals surface area contributed by atoms with Gasteiger partial charge in [-0.1, -0.05) is 42.1 Å². The standard InChI is InChI=1S/C18H23N5O2S/c1-22(2)16(25)10-19-15(24)12-26-18-21-20-17(14-8-9-14)23(18)11-13-6-4-3-5-7-13/h3-7,14H,8-12H2,1-2H3,(H,19,24). The van der Waals surface area contributed by atoms with Crippen LogP contribution in [0.5, 0.6) is 0 Å². The zero-order valence-corrected chi connectivity index (χ0v) is 15.8. The molecule has 0 bridgehead atoms. The lowest BCUT2D eigenvalue weighted by Crippen LogP contribution is -2.37. The largest absolute Gasteiger partial charge is 0.347 e. The van der Waals surface area contributed by atoms with E-state index >= 15 is 0 Å². The van der Waals surface area contributed by atoms with E-state index in [1.165, 1.54) is 22.2 Å². The zero-order valence-electron chi connectivity index (χ0n) is 15.0. The van der Waals surface area contributed by atoms with Gasteiger partial charge in [0, 0.05) is 20.0 Å². The third-order valence-electron chi connectivity index (χ3n) is 4.14. The maximum absolute atomic E-state index is 12.0. The Morgan fingerprint density at radius 1 is 1.23 bits per heavy atom. The van der Waals surface area contributed by atoms with Gasteiger partial charge in [0.25, 0.3) is 0 Å². The molecule has 1 heterocycles. The SMILES string of the molecule is CN(C)C(=O)CNC(=O)CSc1nnc(C2CC2)n1Cc1ccccc1. The number of amides is 2. The third kappa shape index (κ3) is 4.85. The van der Waals surface area contributed by atoms with Crippen LogP contribution in [0.15, 0.2) is 35.5 Å². The second-order valence-corrected chi connectivity index (χ2v) is 7.48. The molecule has 8 heteroatoms. The minimum absolute atomic E-state index is 0.0103. The highest BCUT2D eigenvalue weighted by Gasteiger charge is 2.30. The summed E-state index contributed by atoms with van der Waals surface area (Å²) in [6, 6.07) is 10.2. The summed E-state index contributed by atoms with van der Waals surface area (Å²) in [4.78, 5) is 25.0. The van der Waals surface area contributed by atoms with E-state index in [1.807, 2.05) is 18.2 Å². The fourth-order valence-corrected chi connectivity index (χ4v) is 3.25. The van der Waals surface area contributed by atoms with Crippen LogP contribution in [0.2, 0.25) is 0 Å². The summed E-state index contributed by atoms with van der Waals surface area (Å²) in [7, 11) is 3.32. The lowest BCUT2D eigenvalue weighted by Gasteiger charge is -2.11. The van der Waals surface area contributed by atoms with Gasteiger partial charge in [0.2, 0.25) is 11.8 Å². The Morgan fingerprint density at radius 2 is 1.96 bits per heavy atom. The summed E-state index contributed by atoms with van der Waals surface area (Å²) in [5.41, 5.74) is 1.18. The van der Waals surface area contributed by atoms with E-state index in [1.54, 1.807) is 14.1 Å². The topological polar surface area (TPSA) is 80.1 Å². The first kappa shape index (κ1) is 18.4. The van der Waals surface area contributed by atoms with Crippen LogP contribution in [-0.4, -0.2) is 57.9 Å². The van der Waals surface area contributed by atoms with Crippen LogP contribution in [0, 0.1) is 0 Å². The van der Waals surface area contributed by atoms with Crippen molar-refractivity contribution in [1.82, 2.24) is 25.0 Å². The average molecular weight is 373 g/mol. The first-order chi connectivity index (χ1) is 12.5. The molecule has 1 saturated carbocycles. The minimum Gasteiger partial charge on any atom is -0.347 e. The molecule has 0 radical (unpaired) electrons. The van der Waals surface area contributed by atoms with E-state index in [4.69, 9.17) is 0 Å². The minimum atomic E-state index is -0.188. The molecular weight excluding hydrogens is 350 g/mol. The molecule has 0 saturated heterocycles. The average Bonchev–Trinajstić information content (AvgIpc) is 3.41. The summed E-state index contributed by atoms with van der Waals surface area (Å²) < 4.78 is 2.11. The molecule has 1 N–H and O–H groups in total. The molecule has 2 amide bonds. The van der Waals surface area contributed by atoms with Gasteiger partial charge >= 0.3 is 0 Å². The number of thioether (sulfide) groups is 1. The Bertz CT molecular complexity index is 771. The van der Waals surface area contributed by atoms with Crippen LogP contribution >= 0.6 is 11.8 Å². The van der Waals surface area contributed by atoms with Crippen LogP contribution < -0.4 is 5.32 Å². The second kappa shape index (κ2) is 8.35. The van der Waals surface area contributed by atoms with Crippen molar-refractivity contribution in [3.05, 3.63) is 41.7 Å². The molecule has 1 aromatic carbocycles. The van der Waals surface area contributed by atoms with Crippen molar-refractivity contribution in [2.45, 2.75) is 30.5 Å². The molecule has 26 heavy (non-hydrogen) atoms. The van der Waals surface area contributed by atoms with E-state index in [-0.39, 0.29) is 24.1 Å². The van der Waals surface area contributed by atoms with Gasteiger partial charge in [-0.25, -0.2) is 0 Å². The predicted molar refractivity (Wildman–Crippen MR) is 100.0 cm³/mol. The lowest BCUT2D eigenvalue weighted by molar-refractivity contribution is -0.130. The number of hydrogen-bond donors (Lipinski definition) is 1. The Labute approximate surface area is 157 Å². The molecule has 1 aliphatic carbocycles. The highest BCUT2D eigenvalue weighted by atomic mass is 32.2. The highest BCUT2D eigenvalue weighted by molar-refractivity contribution is 7.99. The number of aromatic nitrogens is 3. The van der Waals surface area contributed by atoms with Crippen molar-refractivity contribution in [2.75, 3.05) is 26.4 Å². The number of carbonyl (C=O) groups is 2. The molecular formula is C18H23N5O2S. The van der Waals surface area contributed by atoms with Crippen molar-refractivity contribution < 1.29 is 9.59 Å². The molecule has 0 unspecified atom stereocenters. The number of carbonyl (C=O) groups excluding carboxylic acids is 2.